The van der Waals surface area contributed by atoms with Crippen molar-refractivity contribution in [2.75, 3.05) is 13.1 Å². The molecule has 1 rings (SSSR count). The van der Waals surface area contributed by atoms with Crippen LogP contribution in [-0.2, 0) is 0 Å². The molecule has 0 unspecified atom stereocenters. The topological polar surface area (TPSA) is 12.0 Å². The molecule has 1 nitrogen and oxygen atoms in total. The maximum absolute atomic E-state index is 5.34. The number of nitrogens with one attached hydrogen (secondary N) is 1. The predicted octanol–water partition coefficient (Wildman–Crippen LogP) is 1.65. The number of terminal acetylenes is 1. The van der Waals surface area contributed by atoms with E-state index < -0.39 is 0 Å². The van der Waals surface area contributed by atoms with Crippen LogP contribution in [0.15, 0.2) is 0 Å². The van der Waals surface area contributed by atoms with Crippen LogP contribution in [0.4, 0.5) is 0 Å². The van der Waals surface area contributed by atoms with Gasteiger partial charge in [-0.05, 0) is 5.41 Å². The Morgan fingerprint density at radius 1 is 1.45 bits per heavy atom. The Bertz CT molecular complexity index is 176. The van der Waals surface area contributed by atoms with E-state index in [-0.39, 0.29) is 0 Å². The second kappa shape index (κ2) is 2.53. The summed E-state index contributed by atoms with van der Waals surface area (Å²) in [6, 6.07) is 0. The van der Waals surface area contributed by atoms with Gasteiger partial charge in [0.15, 0.2) is 0 Å². The average molecular weight is 151 g/mol. The van der Waals surface area contributed by atoms with Crippen molar-refractivity contribution in [1.29, 1.82) is 0 Å². The maximum Gasteiger partial charge on any atom is 0.0172 e. The lowest BCUT2D eigenvalue weighted by atomic mass is 9.61. The monoisotopic (exact) mass is 151 g/mol. The Morgan fingerprint density at radius 3 is 2.09 bits per heavy atom. The molecule has 0 aromatic heterocycles. The molecule has 0 amide bonds. The molecule has 1 heterocycles. The number of hydrogen-bond donors (Lipinski definition) is 1. The molecule has 1 aliphatic rings. The van der Waals surface area contributed by atoms with Crippen LogP contribution in [0, 0.1) is 23.2 Å². The van der Waals surface area contributed by atoms with E-state index in [0.29, 0.717) is 10.8 Å². The van der Waals surface area contributed by atoms with Gasteiger partial charge in [0.05, 0.1) is 0 Å². The van der Waals surface area contributed by atoms with Crippen LogP contribution in [0.1, 0.15) is 27.2 Å². The minimum absolute atomic E-state index is 0.338. The van der Waals surface area contributed by atoms with Gasteiger partial charge in [-0.3, -0.25) is 0 Å². The molecule has 11 heavy (non-hydrogen) atoms. The fourth-order valence-corrected chi connectivity index (χ4v) is 1.54. The van der Waals surface area contributed by atoms with E-state index in [1.165, 1.54) is 0 Å². The lowest BCUT2D eigenvalue weighted by Gasteiger charge is -2.51. The third-order valence-electron chi connectivity index (χ3n) is 2.96. The molecule has 1 fully saturated rings. The molecule has 0 bridgehead atoms. The number of hydrogen-bond acceptors (Lipinski definition) is 1. The smallest absolute Gasteiger partial charge is 0.0172 e. The van der Waals surface area contributed by atoms with Gasteiger partial charge in [-0.15, -0.1) is 12.3 Å². The molecule has 0 spiro atoms. The Labute approximate surface area is 69.6 Å². The van der Waals surface area contributed by atoms with Crippen molar-refractivity contribution < 1.29 is 0 Å². The fraction of sp³-hybridized carbons (Fsp3) is 0.800. The summed E-state index contributed by atoms with van der Waals surface area (Å²) in [4.78, 5) is 0. The Morgan fingerprint density at radius 2 is 2.00 bits per heavy atom. The summed E-state index contributed by atoms with van der Waals surface area (Å²) >= 11 is 0. The largest absolute Gasteiger partial charge is 0.315 e. The zero-order valence-electron chi connectivity index (χ0n) is 7.70. The predicted molar refractivity (Wildman–Crippen MR) is 48.2 cm³/mol. The van der Waals surface area contributed by atoms with Gasteiger partial charge in [0.2, 0.25) is 0 Å². The van der Waals surface area contributed by atoms with Crippen LogP contribution in [0.2, 0.25) is 0 Å². The summed E-state index contributed by atoms with van der Waals surface area (Å²) in [6.07, 6.45) is 6.25. The van der Waals surface area contributed by atoms with Crippen molar-refractivity contribution >= 4 is 0 Å². The molecular weight excluding hydrogens is 134 g/mol. The van der Waals surface area contributed by atoms with Crippen LogP contribution in [0.5, 0.6) is 0 Å². The van der Waals surface area contributed by atoms with Crippen molar-refractivity contribution in [2.24, 2.45) is 10.8 Å². The maximum atomic E-state index is 5.34. The minimum atomic E-state index is 0.338. The molecule has 1 aliphatic heterocycles. The first kappa shape index (κ1) is 8.62. The quantitative estimate of drug-likeness (QED) is 0.562. The molecule has 0 aromatic carbocycles. The zero-order valence-corrected chi connectivity index (χ0v) is 7.70. The highest BCUT2D eigenvalue weighted by molar-refractivity contribution is 5.07. The van der Waals surface area contributed by atoms with Crippen molar-refractivity contribution in [3.63, 3.8) is 0 Å². The summed E-state index contributed by atoms with van der Waals surface area (Å²) in [6.45, 7) is 8.98. The molecular formula is C10H17N. The van der Waals surface area contributed by atoms with Gasteiger partial charge in [-0.25, -0.2) is 0 Å². The van der Waals surface area contributed by atoms with E-state index in [4.69, 9.17) is 6.42 Å². The van der Waals surface area contributed by atoms with E-state index in [9.17, 15) is 0 Å². The molecule has 62 valence electrons. The summed E-state index contributed by atoms with van der Waals surface area (Å²) in [5, 5.41) is 3.30. The lowest BCUT2D eigenvalue weighted by molar-refractivity contribution is 0.0290. The van der Waals surface area contributed by atoms with Crippen LogP contribution in [0.25, 0.3) is 0 Å². The van der Waals surface area contributed by atoms with E-state index in [2.05, 4.69) is 32.0 Å². The third kappa shape index (κ3) is 1.28. The standard InChI is InChI=1S/C10H17N/c1-5-6-10(7-11-8-10)9(2,3)4/h1,11H,6-8H2,2-4H3. The molecule has 1 heteroatoms. The highest BCUT2D eigenvalue weighted by Crippen LogP contribution is 2.44. The first-order valence-electron chi connectivity index (χ1n) is 4.16. The highest BCUT2D eigenvalue weighted by atomic mass is 15.0. The van der Waals surface area contributed by atoms with Crippen molar-refractivity contribution in [1.82, 2.24) is 5.32 Å². The van der Waals surface area contributed by atoms with Crippen LogP contribution >= 0.6 is 0 Å². The molecule has 0 aromatic rings. The van der Waals surface area contributed by atoms with Crippen molar-refractivity contribution in [3.8, 4) is 12.3 Å². The molecule has 0 radical (unpaired) electrons. The molecule has 1 saturated heterocycles. The van der Waals surface area contributed by atoms with E-state index in [1.54, 1.807) is 0 Å². The van der Waals surface area contributed by atoms with Gasteiger partial charge in [-0.2, -0.15) is 0 Å². The third-order valence-corrected chi connectivity index (χ3v) is 2.96. The van der Waals surface area contributed by atoms with E-state index >= 15 is 0 Å². The van der Waals surface area contributed by atoms with Gasteiger partial charge in [0.1, 0.15) is 0 Å². The zero-order chi connectivity index (χ0) is 8.54. The second-order valence-electron chi connectivity index (χ2n) is 4.51. The molecule has 1 N–H and O–H groups in total. The van der Waals surface area contributed by atoms with Gasteiger partial charge in [-0.1, -0.05) is 20.8 Å². The lowest BCUT2D eigenvalue weighted by Crippen LogP contribution is -2.59. The van der Waals surface area contributed by atoms with Gasteiger partial charge < -0.3 is 5.32 Å². The van der Waals surface area contributed by atoms with Gasteiger partial charge in [0.25, 0.3) is 0 Å². The first-order valence-corrected chi connectivity index (χ1v) is 4.16. The SMILES string of the molecule is C#CCC1(C(C)(C)C)CNC1. The Hall–Kier alpha value is -0.480. The van der Waals surface area contributed by atoms with Gasteiger partial charge >= 0.3 is 0 Å². The molecule has 0 aliphatic carbocycles. The average Bonchev–Trinajstić information content (AvgIpc) is 1.75. The summed E-state index contributed by atoms with van der Waals surface area (Å²) in [5.74, 6) is 2.78. The molecule has 0 atom stereocenters. The normalized spacial score (nSPS) is 22.0. The fourth-order valence-electron chi connectivity index (χ4n) is 1.54. The van der Waals surface area contributed by atoms with Gasteiger partial charge in [0, 0.05) is 24.9 Å². The van der Waals surface area contributed by atoms with E-state index in [0.717, 1.165) is 19.5 Å². The second-order valence-corrected chi connectivity index (χ2v) is 4.51. The van der Waals surface area contributed by atoms with Crippen LogP contribution in [-0.4, -0.2) is 13.1 Å². The summed E-state index contributed by atoms with van der Waals surface area (Å²) in [5.41, 5.74) is 0.701. The first-order chi connectivity index (χ1) is 5.02. The van der Waals surface area contributed by atoms with Crippen molar-refractivity contribution in [3.05, 3.63) is 0 Å². The summed E-state index contributed by atoms with van der Waals surface area (Å²) in [7, 11) is 0. The molecule has 0 saturated carbocycles. The van der Waals surface area contributed by atoms with E-state index in [1.807, 2.05) is 0 Å². The highest BCUT2D eigenvalue weighted by Gasteiger charge is 2.45. The van der Waals surface area contributed by atoms with Crippen LogP contribution in [0.3, 0.4) is 0 Å². The minimum Gasteiger partial charge on any atom is -0.315 e. The number of rotatable bonds is 1. The summed E-state index contributed by atoms with van der Waals surface area (Å²) < 4.78 is 0. The van der Waals surface area contributed by atoms with Crippen LogP contribution < -0.4 is 5.32 Å². The Balaban J connectivity index is 2.69. The van der Waals surface area contributed by atoms with Crippen molar-refractivity contribution in [2.45, 2.75) is 27.2 Å². The Kier molecular flexibility index (Phi) is 1.98.